The summed E-state index contributed by atoms with van der Waals surface area (Å²) in [6.45, 7) is 3.39. The van der Waals surface area contributed by atoms with Crippen molar-refractivity contribution in [1.29, 1.82) is 0 Å². The monoisotopic (exact) mass is 262 g/mol. The summed E-state index contributed by atoms with van der Waals surface area (Å²) in [6, 6.07) is 8.07. The fraction of sp³-hybridized carbons (Fsp3) is 0.357. The Labute approximate surface area is 112 Å². The standard InChI is InChI=1S/C14H18N2OS/c1-2-17-13-7-3-5-11(9-13)14-16-12(10-18-14)6-4-8-15/h3,5,7,9-10H,2,4,6,8,15H2,1H3. The third-order valence-electron chi connectivity index (χ3n) is 2.58. The van der Waals surface area contributed by atoms with Gasteiger partial charge < -0.3 is 10.5 Å². The number of hydrogen-bond acceptors (Lipinski definition) is 4. The van der Waals surface area contributed by atoms with E-state index < -0.39 is 0 Å². The Morgan fingerprint density at radius 2 is 2.28 bits per heavy atom. The van der Waals surface area contributed by atoms with Gasteiger partial charge in [0.05, 0.1) is 12.3 Å². The van der Waals surface area contributed by atoms with Crippen molar-refractivity contribution in [2.75, 3.05) is 13.2 Å². The molecule has 0 atom stereocenters. The topological polar surface area (TPSA) is 48.1 Å². The smallest absolute Gasteiger partial charge is 0.123 e. The molecule has 0 bridgehead atoms. The first-order chi connectivity index (χ1) is 8.83. The number of thiazole rings is 1. The van der Waals surface area contributed by atoms with Crippen LogP contribution >= 0.6 is 11.3 Å². The lowest BCUT2D eigenvalue weighted by Gasteiger charge is -2.03. The number of rotatable bonds is 6. The SMILES string of the molecule is CCOc1cccc(-c2nc(CCCN)cs2)c1. The molecule has 0 unspecified atom stereocenters. The van der Waals surface area contributed by atoms with Crippen molar-refractivity contribution in [2.45, 2.75) is 19.8 Å². The zero-order valence-corrected chi connectivity index (χ0v) is 11.4. The molecule has 0 saturated heterocycles. The van der Waals surface area contributed by atoms with Gasteiger partial charge in [-0.05, 0) is 38.4 Å². The van der Waals surface area contributed by atoms with E-state index in [1.54, 1.807) is 11.3 Å². The lowest BCUT2D eigenvalue weighted by molar-refractivity contribution is 0.340. The maximum absolute atomic E-state index is 5.51. The Morgan fingerprint density at radius 1 is 1.39 bits per heavy atom. The maximum atomic E-state index is 5.51. The highest BCUT2D eigenvalue weighted by molar-refractivity contribution is 7.13. The molecular formula is C14H18N2OS. The van der Waals surface area contributed by atoms with Crippen LogP contribution in [0.1, 0.15) is 19.0 Å². The first-order valence-electron chi connectivity index (χ1n) is 6.21. The molecular weight excluding hydrogens is 244 g/mol. The number of nitrogens with zero attached hydrogens (tertiary/aromatic N) is 1. The van der Waals surface area contributed by atoms with Crippen LogP contribution in [0, 0.1) is 0 Å². The van der Waals surface area contributed by atoms with Crippen molar-refractivity contribution in [3.8, 4) is 16.3 Å². The molecule has 2 N–H and O–H groups in total. The van der Waals surface area contributed by atoms with E-state index in [2.05, 4.69) is 16.4 Å². The van der Waals surface area contributed by atoms with Gasteiger partial charge in [-0.3, -0.25) is 0 Å². The number of aryl methyl sites for hydroxylation is 1. The minimum absolute atomic E-state index is 0.684. The molecule has 3 nitrogen and oxygen atoms in total. The minimum atomic E-state index is 0.684. The number of nitrogens with two attached hydrogens (primary N) is 1. The molecule has 96 valence electrons. The lowest BCUT2D eigenvalue weighted by Crippen LogP contribution is -2.00. The lowest BCUT2D eigenvalue weighted by atomic mass is 10.2. The van der Waals surface area contributed by atoms with Crippen molar-refractivity contribution in [1.82, 2.24) is 4.98 Å². The minimum Gasteiger partial charge on any atom is -0.494 e. The van der Waals surface area contributed by atoms with E-state index in [0.29, 0.717) is 13.2 Å². The van der Waals surface area contributed by atoms with Crippen LogP contribution in [0.15, 0.2) is 29.6 Å². The normalized spacial score (nSPS) is 10.6. The quantitative estimate of drug-likeness (QED) is 0.870. The Balaban J connectivity index is 2.15. The van der Waals surface area contributed by atoms with E-state index in [1.165, 1.54) is 0 Å². The summed E-state index contributed by atoms with van der Waals surface area (Å²) in [5.74, 6) is 0.897. The number of hydrogen-bond donors (Lipinski definition) is 1. The Hall–Kier alpha value is -1.39. The summed E-state index contributed by atoms with van der Waals surface area (Å²) in [5.41, 5.74) is 7.75. The van der Waals surface area contributed by atoms with Crippen molar-refractivity contribution < 1.29 is 4.74 Å². The largest absolute Gasteiger partial charge is 0.494 e. The van der Waals surface area contributed by atoms with E-state index in [4.69, 9.17) is 10.5 Å². The van der Waals surface area contributed by atoms with Crippen molar-refractivity contribution in [3.63, 3.8) is 0 Å². The van der Waals surface area contributed by atoms with Crippen LogP contribution in [0.2, 0.25) is 0 Å². The highest BCUT2D eigenvalue weighted by Gasteiger charge is 2.05. The van der Waals surface area contributed by atoms with E-state index >= 15 is 0 Å². The molecule has 0 spiro atoms. The van der Waals surface area contributed by atoms with Crippen LogP contribution in [0.25, 0.3) is 10.6 Å². The van der Waals surface area contributed by atoms with Gasteiger partial charge in [0.15, 0.2) is 0 Å². The zero-order chi connectivity index (χ0) is 12.8. The Kier molecular flexibility index (Phi) is 4.73. The van der Waals surface area contributed by atoms with Crippen molar-refractivity contribution in [2.24, 2.45) is 5.73 Å². The van der Waals surface area contributed by atoms with Crippen LogP contribution in [0.5, 0.6) is 5.75 Å². The molecule has 2 rings (SSSR count). The average molecular weight is 262 g/mol. The summed E-state index contributed by atoms with van der Waals surface area (Å²) >= 11 is 1.67. The molecule has 1 heterocycles. The maximum Gasteiger partial charge on any atom is 0.123 e. The molecule has 0 amide bonds. The highest BCUT2D eigenvalue weighted by Crippen LogP contribution is 2.27. The fourth-order valence-corrected chi connectivity index (χ4v) is 2.57. The van der Waals surface area contributed by atoms with Crippen LogP contribution in [-0.4, -0.2) is 18.1 Å². The van der Waals surface area contributed by atoms with Gasteiger partial charge in [0.25, 0.3) is 0 Å². The molecule has 18 heavy (non-hydrogen) atoms. The van der Waals surface area contributed by atoms with E-state index in [9.17, 15) is 0 Å². The van der Waals surface area contributed by atoms with E-state index in [0.717, 1.165) is 34.9 Å². The van der Waals surface area contributed by atoms with Crippen molar-refractivity contribution in [3.05, 3.63) is 35.3 Å². The first-order valence-corrected chi connectivity index (χ1v) is 7.09. The van der Waals surface area contributed by atoms with Gasteiger partial charge >= 0.3 is 0 Å². The molecule has 4 heteroatoms. The summed E-state index contributed by atoms with van der Waals surface area (Å²) in [4.78, 5) is 4.63. The Bertz CT molecular complexity index is 496. The number of ether oxygens (including phenoxy) is 1. The van der Waals surface area contributed by atoms with Crippen LogP contribution < -0.4 is 10.5 Å². The predicted octanol–water partition coefficient (Wildman–Crippen LogP) is 3.10. The van der Waals surface area contributed by atoms with Crippen LogP contribution in [-0.2, 0) is 6.42 Å². The third kappa shape index (κ3) is 3.31. The predicted molar refractivity (Wildman–Crippen MR) is 76.1 cm³/mol. The van der Waals surface area contributed by atoms with E-state index in [1.807, 2.05) is 25.1 Å². The van der Waals surface area contributed by atoms with Gasteiger partial charge in [0.1, 0.15) is 10.8 Å². The molecule has 1 aromatic carbocycles. The molecule has 0 aliphatic rings. The Morgan fingerprint density at radius 3 is 3.06 bits per heavy atom. The second-order valence-electron chi connectivity index (χ2n) is 4.00. The number of benzene rings is 1. The third-order valence-corrected chi connectivity index (χ3v) is 3.52. The average Bonchev–Trinajstić information content (AvgIpc) is 2.86. The highest BCUT2D eigenvalue weighted by atomic mass is 32.1. The zero-order valence-electron chi connectivity index (χ0n) is 10.6. The van der Waals surface area contributed by atoms with Crippen LogP contribution in [0.3, 0.4) is 0 Å². The molecule has 0 radical (unpaired) electrons. The summed E-state index contributed by atoms with van der Waals surface area (Å²) in [5, 5.41) is 3.15. The molecule has 0 fully saturated rings. The molecule has 0 saturated carbocycles. The molecule has 0 aliphatic carbocycles. The van der Waals surface area contributed by atoms with Gasteiger partial charge in [-0.15, -0.1) is 11.3 Å². The summed E-state index contributed by atoms with van der Waals surface area (Å²) in [7, 11) is 0. The second kappa shape index (κ2) is 6.52. The van der Waals surface area contributed by atoms with Crippen molar-refractivity contribution >= 4 is 11.3 Å². The summed E-state index contributed by atoms with van der Waals surface area (Å²) < 4.78 is 5.50. The molecule has 2 aromatic rings. The first kappa shape index (κ1) is 13.1. The molecule has 1 aromatic heterocycles. The van der Waals surface area contributed by atoms with Gasteiger partial charge in [-0.25, -0.2) is 4.98 Å². The molecule has 0 aliphatic heterocycles. The number of aromatic nitrogens is 1. The van der Waals surface area contributed by atoms with Crippen LogP contribution in [0.4, 0.5) is 0 Å². The second-order valence-corrected chi connectivity index (χ2v) is 4.86. The van der Waals surface area contributed by atoms with Gasteiger partial charge in [0, 0.05) is 10.9 Å². The summed E-state index contributed by atoms with van der Waals surface area (Å²) in [6.07, 6.45) is 1.94. The fourth-order valence-electron chi connectivity index (χ4n) is 1.72. The van der Waals surface area contributed by atoms with E-state index in [-0.39, 0.29) is 0 Å². The van der Waals surface area contributed by atoms with Gasteiger partial charge in [-0.1, -0.05) is 12.1 Å². The van der Waals surface area contributed by atoms with Gasteiger partial charge in [0.2, 0.25) is 0 Å². The van der Waals surface area contributed by atoms with Gasteiger partial charge in [-0.2, -0.15) is 0 Å².